The third-order valence-corrected chi connectivity index (χ3v) is 4.43. The first-order chi connectivity index (χ1) is 6.99. The molecule has 0 aliphatic rings. The van der Waals surface area contributed by atoms with Crippen molar-refractivity contribution in [2.75, 3.05) is 6.54 Å². The number of hydrogen-bond acceptors (Lipinski definition) is 3. The molecule has 4 heteroatoms. The van der Waals surface area contributed by atoms with E-state index in [-0.39, 0.29) is 5.54 Å². The first kappa shape index (κ1) is 13.0. The van der Waals surface area contributed by atoms with Crippen LogP contribution in [-0.2, 0) is 6.54 Å². The summed E-state index contributed by atoms with van der Waals surface area (Å²) in [4.78, 5) is 1.18. The Bertz CT molecular complexity index is 311. The van der Waals surface area contributed by atoms with Gasteiger partial charge in [-0.15, -0.1) is 11.3 Å². The molecule has 1 rings (SSSR count). The lowest BCUT2D eigenvalue weighted by atomic mass is 9.88. The molecule has 0 radical (unpaired) electrons. The smallest absolute Gasteiger partial charge is 0.0558 e. The van der Waals surface area contributed by atoms with E-state index in [0.717, 1.165) is 11.6 Å². The largest absolute Gasteiger partial charge is 0.329 e. The topological polar surface area (TPSA) is 38.0 Å². The zero-order chi connectivity index (χ0) is 11.5. The molecule has 1 atom stereocenters. The zero-order valence-electron chi connectivity index (χ0n) is 9.51. The fourth-order valence-electron chi connectivity index (χ4n) is 1.25. The molecule has 3 N–H and O–H groups in total. The van der Waals surface area contributed by atoms with Gasteiger partial charge < -0.3 is 11.1 Å². The average Bonchev–Trinajstić information content (AvgIpc) is 2.60. The Hall–Kier alpha value is -0.0900. The summed E-state index contributed by atoms with van der Waals surface area (Å²) in [7, 11) is 0. The van der Waals surface area contributed by atoms with Crippen molar-refractivity contribution in [1.82, 2.24) is 5.32 Å². The fraction of sp³-hybridized carbons (Fsp3) is 0.636. The van der Waals surface area contributed by atoms with Crippen molar-refractivity contribution in [2.24, 2.45) is 11.7 Å². The van der Waals surface area contributed by atoms with E-state index in [4.69, 9.17) is 17.3 Å². The van der Waals surface area contributed by atoms with E-state index >= 15 is 0 Å². The molecule has 0 aromatic carbocycles. The van der Waals surface area contributed by atoms with Crippen LogP contribution in [0.1, 0.15) is 25.6 Å². The molecule has 0 bridgehead atoms. The molecule has 0 saturated heterocycles. The molecular formula is C11H19ClN2S. The van der Waals surface area contributed by atoms with Crippen LogP contribution in [0.15, 0.2) is 11.4 Å². The van der Waals surface area contributed by atoms with Gasteiger partial charge in [-0.2, -0.15) is 0 Å². The van der Waals surface area contributed by atoms with E-state index in [1.54, 1.807) is 11.3 Å². The molecule has 0 spiro atoms. The third-order valence-electron chi connectivity index (χ3n) is 3.04. The van der Waals surface area contributed by atoms with Crippen LogP contribution in [0.25, 0.3) is 0 Å². The van der Waals surface area contributed by atoms with Crippen molar-refractivity contribution in [1.29, 1.82) is 0 Å². The normalized spacial score (nSPS) is 15.6. The number of thiophene rings is 1. The molecule has 0 aliphatic heterocycles. The predicted molar refractivity (Wildman–Crippen MR) is 68.5 cm³/mol. The van der Waals surface area contributed by atoms with Crippen molar-refractivity contribution >= 4 is 22.9 Å². The molecule has 15 heavy (non-hydrogen) atoms. The zero-order valence-corrected chi connectivity index (χ0v) is 11.1. The molecule has 0 saturated carbocycles. The Morgan fingerprint density at radius 1 is 1.60 bits per heavy atom. The van der Waals surface area contributed by atoms with E-state index in [1.807, 2.05) is 11.4 Å². The Kier molecular flexibility index (Phi) is 4.59. The van der Waals surface area contributed by atoms with Gasteiger partial charge in [0.05, 0.1) is 5.02 Å². The van der Waals surface area contributed by atoms with E-state index in [1.165, 1.54) is 4.88 Å². The van der Waals surface area contributed by atoms with Gasteiger partial charge in [0.1, 0.15) is 0 Å². The molecule has 1 aromatic rings. The Labute approximate surface area is 101 Å². The van der Waals surface area contributed by atoms with Gasteiger partial charge in [-0.05, 0) is 24.3 Å². The molecule has 86 valence electrons. The van der Waals surface area contributed by atoms with Crippen LogP contribution in [0.5, 0.6) is 0 Å². The highest BCUT2D eigenvalue weighted by Gasteiger charge is 2.25. The molecular weight excluding hydrogens is 228 g/mol. The summed E-state index contributed by atoms with van der Waals surface area (Å²) in [6, 6.07) is 1.93. The summed E-state index contributed by atoms with van der Waals surface area (Å²) >= 11 is 7.71. The number of nitrogens with one attached hydrogen (secondary N) is 1. The molecule has 1 unspecified atom stereocenters. The van der Waals surface area contributed by atoms with Gasteiger partial charge in [0.15, 0.2) is 0 Å². The van der Waals surface area contributed by atoms with Crippen LogP contribution in [0, 0.1) is 5.92 Å². The quantitative estimate of drug-likeness (QED) is 0.839. The maximum Gasteiger partial charge on any atom is 0.0558 e. The van der Waals surface area contributed by atoms with Crippen molar-refractivity contribution in [3.63, 3.8) is 0 Å². The lowest BCUT2D eigenvalue weighted by Gasteiger charge is -2.33. The maximum atomic E-state index is 6.03. The molecule has 2 nitrogen and oxygen atoms in total. The minimum atomic E-state index is -0.0205. The van der Waals surface area contributed by atoms with Gasteiger partial charge in [-0.25, -0.2) is 0 Å². The SMILES string of the molecule is CC(C)C(C)(CN)NCc1sccc1Cl. The van der Waals surface area contributed by atoms with Crippen LogP contribution in [-0.4, -0.2) is 12.1 Å². The molecule has 0 amide bonds. The minimum absolute atomic E-state index is 0.0205. The fourth-order valence-corrected chi connectivity index (χ4v) is 2.29. The Morgan fingerprint density at radius 3 is 2.67 bits per heavy atom. The maximum absolute atomic E-state index is 6.03. The standard InChI is InChI=1S/C11H19ClN2S/c1-8(2)11(3,7-13)14-6-10-9(12)4-5-15-10/h4-5,8,14H,6-7,13H2,1-3H3. The highest BCUT2D eigenvalue weighted by atomic mass is 35.5. The van der Waals surface area contributed by atoms with E-state index < -0.39 is 0 Å². The summed E-state index contributed by atoms with van der Waals surface area (Å²) in [5.74, 6) is 0.501. The van der Waals surface area contributed by atoms with Crippen LogP contribution in [0.3, 0.4) is 0 Å². The molecule has 1 aromatic heterocycles. The van der Waals surface area contributed by atoms with Gasteiger partial charge in [-0.1, -0.05) is 25.4 Å². The third kappa shape index (κ3) is 3.18. The average molecular weight is 247 g/mol. The summed E-state index contributed by atoms with van der Waals surface area (Å²) in [6.07, 6.45) is 0. The van der Waals surface area contributed by atoms with Gasteiger partial charge in [0.2, 0.25) is 0 Å². The molecule has 0 fully saturated rings. The van der Waals surface area contributed by atoms with Gasteiger partial charge in [-0.3, -0.25) is 0 Å². The van der Waals surface area contributed by atoms with Gasteiger partial charge in [0.25, 0.3) is 0 Å². The van der Waals surface area contributed by atoms with Crippen LogP contribution in [0.4, 0.5) is 0 Å². The first-order valence-electron chi connectivity index (χ1n) is 5.16. The second kappa shape index (κ2) is 5.30. The Balaban J connectivity index is 2.59. The van der Waals surface area contributed by atoms with E-state index in [0.29, 0.717) is 12.5 Å². The minimum Gasteiger partial charge on any atom is -0.329 e. The second-order valence-corrected chi connectivity index (χ2v) is 5.73. The number of hydrogen-bond donors (Lipinski definition) is 2. The summed E-state index contributed by atoms with van der Waals surface area (Å²) < 4.78 is 0. The second-order valence-electron chi connectivity index (χ2n) is 4.32. The highest BCUT2D eigenvalue weighted by Crippen LogP contribution is 2.23. The summed E-state index contributed by atoms with van der Waals surface area (Å²) in [5, 5.41) is 6.34. The lowest BCUT2D eigenvalue weighted by molar-refractivity contribution is 0.268. The van der Waals surface area contributed by atoms with Crippen molar-refractivity contribution < 1.29 is 0 Å². The Morgan fingerprint density at radius 2 is 2.27 bits per heavy atom. The van der Waals surface area contributed by atoms with Crippen molar-refractivity contribution in [2.45, 2.75) is 32.9 Å². The molecule has 1 heterocycles. The number of nitrogens with two attached hydrogens (primary N) is 1. The van der Waals surface area contributed by atoms with Crippen molar-refractivity contribution in [3.05, 3.63) is 21.3 Å². The van der Waals surface area contributed by atoms with Crippen LogP contribution in [0.2, 0.25) is 5.02 Å². The predicted octanol–water partition coefficient (Wildman–Crippen LogP) is 2.86. The van der Waals surface area contributed by atoms with Crippen LogP contribution < -0.4 is 11.1 Å². The van der Waals surface area contributed by atoms with E-state index in [2.05, 4.69) is 26.1 Å². The highest BCUT2D eigenvalue weighted by molar-refractivity contribution is 7.10. The van der Waals surface area contributed by atoms with Gasteiger partial charge in [0, 0.05) is 23.5 Å². The number of rotatable bonds is 5. The summed E-state index contributed by atoms with van der Waals surface area (Å²) in [6.45, 7) is 7.93. The van der Waals surface area contributed by atoms with Gasteiger partial charge >= 0.3 is 0 Å². The lowest BCUT2D eigenvalue weighted by Crippen LogP contribution is -2.52. The monoisotopic (exact) mass is 246 g/mol. The first-order valence-corrected chi connectivity index (χ1v) is 6.42. The van der Waals surface area contributed by atoms with Crippen LogP contribution >= 0.6 is 22.9 Å². The number of halogens is 1. The van der Waals surface area contributed by atoms with Crippen molar-refractivity contribution in [3.8, 4) is 0 Å². The summed E-state index contributed by atoms with van der Waals surface area (Å²) in [5.41, 5.74) is 5.77. The van der Waals surface area contributed by atoms with E-state index in [9.17, 15) is 0 Å². The molecule has 0 aliphatic carbocycles.